The molecule has 19 heavy (non-hydrogen) atoms. The van der Waals surface area contributed by atoms with Crippen LogP contribution in [0.3, 0.4) is 0 Å². The number of aliphatic hydroxyl groups excluding tert-OH is 1. The highest BCUT2D eigenvalue weighted by Gasteiger charge is 2.42. The Hall–Kier alpha value is -1.55. The van der Waals surface area contributed by atoms with E-state index >= 15 is 0 Å². The first-order chi connectivity index (χ1) is 9.07. The zero-order valence-corrected chi connectivity index (χ0v) is 11.1. The molecule has 0 amide bonds. The molecule has 2 rings (SSSR count). The summed E-state index contributed by atoms with van der Waals surface area (Å²) < 4.78 is 5.12. The van der Waals surface area contributed by atoms with E-state index in [-0.39, 0.29) is 6.42 Å². The van der Waals surface area contributed by atoms with Crippen molar-refractivity contribution < 1.29 is 19.7 Å². The van der Waals surface area contributed by atoms with Crippen LogP contribution in [0.1, 0.15) is 43.8 Å². The number of carbonyl (C=O) groups is 1. The van der Waals surface area contributed by atoms with Gasteiger partial charge in [0.1, 0.15) is 5.75 Å². The Labute approximate surface area is 113 Å². The normalized spacial score (nSPS) is 19.1. The summed E-state index contributed by atoms with van der Waals surface area (Å²) in [5.74, 6) is -0.112. The molecule has 1 aliphatic rings. The molecule has 1 aliphatic carbocycles. The molecule has 2 N–H and O–H groups in total. The lowest BCUT2D eigenvalue weighted by atomic mass is 9.79. The quantitative estimate of drug-likeness (QED) is 0.858. The smallest absolute Gasteiger partial charge is 0.309 e. The lowest BCUT2D eigenvalue weighted by molar-refractivity contribution is -0.150. The van der Waals surface area contributed by atoms with E-state index in [1.807, 2.05) is 0 Å². The van der Waals surface area contributed by atoms with Gasteiger partial charge in [-0.1, -0.05) is 25.0 Å². The maximum absolute atomic E-state index is 11.5. The molecular formula is C15H20O4. The first-order valence-electron chi connectivity index (χ1n) is 6.63. The molecule has 104 valence electrons. The van der Waals surface area contributed by atoms with Gasteiger partial charge in [0.2, 0.25) is 0 Å². The number of rotatable bonds is 5. The fraction of sp³-hybridized carbons (Fsp3) is 0.533. The van der Waals surface area contributed by atoms with Crippen molar-refractivity contribution in [3.63, 3.8) is 0 Å². The molecule has 1 aromatic carbocycles. The maximum atomic E-state index is 11.5. The van der Waals surface area contributed by atoms with Crippen LogP contribution in [0, 0.1) is 5.41 Å². The maximum Gasteiger partial charge on any atom is 0.309 e. The molecule has 0 saturated heterocycles. The number of carboxylic acid groups (broad SMARTS) is 1. The van der Waals surface area contributed by atoms with Crippen LogP contribution < -0.4 is 4.74 Å². The van der Waals surface area contributed by atoms with Crippen molar-refractivity contribution in [3.05, 3.63) is 29.8 Å². The van der Waals surface area contributed by atoms with E-state index in [2.05, 4.69) is 0 Å². The second kappa shape index (κ2) is 5.61. The number of carboxylic acids is 1. The van der Waals surface area contributed by atoms with Crippen LogP contribution in [0.4, 0.5) is 0 Å². The van der Waals surface area contributed by atoms with Crippen molar-refractivity contribution in [2.24, 2.45) is 5.41 Å². The van der Waals surface area contributed by atoms with Crippen LogP contribution >= 0.6 is 0 Å². The summed E-state index contributed by atoms with van der Waals surface area (Å²) in [6.45, 7) is 0. The molecular weight excluding hydrogens is 244 g/mol. The van der Waals surface area contributed by atoms with Gasteiger partial charge in [-0.3, -0.25) is 4.79 Å². The standard InChI is InChI=1S/C15H20O4/c1-19-12-6-4-5-11(9-12)13(16)10-15(14(17)18)7-2-3-8-15/h4-6,9,13,16H,2-3,7-8,10H2,1H3,(H,17,18). The van der Waals surface area contributed by atoms with Crippen molar-refractivity contribution in [3.8, 4) is 5.75 Å². The minimum atomic E-state index is -0.785. The molecule has 0 spiro atoms. The van der Waals surface area contributed by atoms with Crippen molar-refractivity contribution in [2.45, 2.75) is 38.2 Å². The molecule has 0 bridgehead atoms. The first-order valence-corrected chi connectivity index (χ1v) is 6.63. The number of methoxy groups -OCH3 is 1. The highest BCUT2D eigenvalue weighted by atomic mass is 16.5. The fourth-order valence-corrected chi connectivity index (χ4v) is 2.89. The Kier molecular flexibility index (Phi) is 4.10. The van der Waals surface area contributed by atoms with E-state index in [1.54, 1.807) is 31.4 Å². The van der Waals surface area contributed by atoms with Gasteiger partial charge < -0.3 is 14.9 Å². The Balaban J connectivity index is 2.15. The number of hydrogen-bond donors (Lipinski definition) is 2. The van der Waals surface area contributed by atoms with Crippen LogP contribution in [0.15, 0.2) is 24.3 Å². The summed E-state index contributed by atoms with van der Waals surface area (Å²) >= 11 is 0. The van der Waals surface area contributed by atoms with E-state index in [1.165, 1.54) is 0 Å². The van der Waals surface area contributed by atoms with Gasteiger partial charge in [-0.25, -0.2) is 0 Å². The van der Waals surface area contributed by atoms with Crippen LogP contribution in [0.25, 0.3) is 0 Å². The predicted molar refractivity (Wildman–Crippen MR) is 71.1 cm³/mol. The molecule has 0 heterocycles. The topological polar surface area (TPSA) is 66.8 Å². The van der Waals surface area contributed by atoms with Crippen molar-refractivity contribution in [1.82, 2.24) is 0 Å². The summed E-state index contributed by atoms with van der Waals surface area (Å²) in [5, 5.41) is 19.7. The third-order valence-electron chi connectivity index (χ3n) is 4.08. The van der Waals surface area contributed by atoms with E-state index in [0.717, 1.165) is 12.8 Å². The Morgan fingerprint density at radius 1 is 1.42 bits per heavy atom. The summed E-state index contributed by atoms with van der Waals surface area (Å²) in [6.07, 6.45) is 2.68. The van der Waals surface area contributed by atoms with E-state index in [9.17, 15) is 15.0 Å². The van der Waals surface area contributed by atoms with Gasteiger partial charge in [-0.05, 0) is 37.0 Å². The number of aliphatic hydroxyl groups is 1. The van der Waals surface area contributed by atoms with E-state index in [0.29, 0.717) is 24.2 Å². The zero-order chi connectivity index (χ0) is 13.9. The third-order valence-corrected chi connectivity index (χ3v) is 4.08. The Morgan fingerprint density at radius 3 is 2.68 bits per heavy atom. The first kappa shape index (κ1) is 13.9. The monoisotopic (exact) mass is 264 g/mol. The minimum absolute atomic E-state index is 0.273. The number of aliphatic carboxylic acids is 1. The molecule has 1 atom stereocenters. The number of hydrogen-bond acceptors (Lipinski definition) is 3. The van der Waals surface area contributed by atoms with Gasteiger partial charge >= 0.3 is 5.97 Å². The van der Waals surface area contributed by atoms with Gasteiger partial charge in [0.15, 0.2) is 0 Å². The molecule has 4 nitrogen and oxygen atoms in total. The Morgan fingerprint density at radius 2 is 2.11 bits per heavy atom. The average Bonchev–Trinajstić information content (AvgIpc) is 2.88. The van der Waals surface area contributed by atoms with Crippen molar-refractivity contribution in [2.75, 3.05) is 7.11 Å². The third kappa shape index (κ3) is 2.89. The highest BCUT2D eigenvalue weighted by Crippen LogP contribution is 2.45. The van der Waals surface area contributed by atoms with Crippen molar-refractivity contribution >= 4 is 5.97 Å². The molecule has 1 saturated carbocycles. The second-order valence-corrected chi connectivity index (χ2v) is 5.29. The van der Waals surface area contributed by atoms with Crippen LogP contribution in [0.5, 0.6) is 5.75 Å². The minimum Gasteiger partial charge on any atom is -0.497 e. The molecule has 0 radical (unpaired) electrons. The van der Waals surface area contributed by atoms with Crippen LogP contribution in [-0.2, 0) is 4.79 Å². The van der Waals surface area contributed by atoms with Gasteiger partial charge in [0, 0.05) is 0 Å². The summed E-state index contributed by atoms with van der Waals surface area (Å²) in [6, 6.07) is 7.17. The molecule has 0 aromatic heterocycles. The van der Waals surface area contributed by atoms with Gasteiger partial charge in [-0.2, -0.15) is 0 Å². The van der Waals surface area contributed by atoms with Gasteiger partial charge in [0.25, 0.3) is 0 Å². The lowest BCUT2D eigenvalue weighted by Crippen LogP contribution is -2.29. The molecule has 1 aromatic rings. The van der Waals surface area contributed by atoms with Crippen molar-refractivity contribution in [1.29, 1.82) is 0 Å². The molecule has 4 heteroatoms. The number of benzene rings is 1. The number of ether oxygens (including phenoxy) is 1. The predicted octanol–water partition coefficient (Wildman–Crippen LogP) is 2.76. The SMILES string of the molecule is COc1cccc(C(O)CC2(C(=O)O)CCCC2)c1. The van der Waals surface area contributed by atoms with E-state index < -0.39 is 17.5 Å². The summed E-state index contributed by atoms with van der Waals surface area (Å²) in [5.41, 5.74) is -0.0467. The lowest BCUT2D eigenvalue weighted by Gasteiger charge is -2.26. The summed E-state index contributed by atoms with van der Waals surface area (Å²) in [4.78, 5) is 11.5. The van der Waals surface area contributed by atoms with Crippen LogP contribution in [-0.4, -0.2) is 23.3 Å². The average molecular weight is 264 g/mol. The van der Waals surface area contributed by atoms with Gasteiger partial charge in [0.05, 0.1) is 18.6 Å². The largest absolute Gasteiger partial charge is 0.497 e. The molecule has 1 unspecified atom stereocenters. The Bertz CT molecular complexity index is 449. The van der Waals surface area contributed by atoms with Crippen LogP contribution in [0.2, 0.25) is 0 Å². The zero-order valence-electron chi connectivity index (χ0n) is 11.1. The molecule has 1 fully saturated rings. The fourth-order valence-electron chi connectivity index (χ4n) is 2.89. The molecule has 0 aliphatic heterocycles. The van der Waals surface area contributed by atoms with E-state index in [4.69, 9.17) is 4.74 Å². The van der Waals surface area contributed by atoms with Gasteiger partial charge in [-0.15, -0.1) is 0 Å². The summed E-state index contributed by atoms with van der Waals surface area (Å²) in [7, 11) is 1.57. The second-order valence-electron chi connectivity index (χ2n) is 5.29. The highest BCUT2D eigenvalue weighted by molar-refractivity contribution is 5.75.